The van der Waals surface area contributed by atoms with E-state index in [2.05, 4.69) is 510 Å². The maximum atomic E-state index is 5.22. The molecule has 0 aliphatic heterocycles. The zero-order valence-electron chi connectivity index (χ0n) is 81.5. The third kappa shape index (κ3) is 14.3. The summed E-state index contributed by atoms with van der Waals surface area (Å²) >= 11 is 0. The molecule has 6 heterocycles. The molecule has 6 nitrogen and oxygen atoms in total. The Kier molecular flexibility index (Phi) is 20.9. The smallest absolute Gasteiger partial charge is 0.0788 e. The Bertz CT molecular complexity index is 10800. The van der Waals surface area contributed by atoms with Crippen LogP contribution in [0.5, 0.6) is 0 Å². The number of hydrogen-bond donors (Lipinski definition) is 0. The zero-order chi connectivity index (χ0) is 98.8. The van der Waals surface area contributed by atoms with Crippen molar-refractivity contribution >= 4 is 195 Å². The summed E-state index contributed by atoms with van der Waals surface area (Å²) in [4.78, 5) is 30.5. The minimum Gasteiger partial charge on any atom is -0.256 e. The third-order valence-corrected chi connectivity index (χ3v) is 30.8. The van der Waals surface area contributed by atoms with E-state index in [0.717, 1.165) is 122 Å². The first kappa shape index (κ1) is 86.7. The Morgan fingerprint density at radius 2 is 0.387 bits per heavy atom. The van der Waals surface area contributed by atoms with Crippen molar-refractivity contribution in [1.82, 2.24) is 29.9 Å². The Morgan fingerprint density at radius 3 is 0.773 bits per heavy atom. The van der Waals surface area contributed by atoms with E-state index in [4.69, 9.17) is 29.9 Å². The second kappa shape index (κ2) is 36.1. The molecule has 150 heavy (non-hydrogen) atoms. The van der Waals surface area contributed by atoms with E-state index in [1.165, 1.54) is 185 Å². The Balaban J connectivity index is 0.000000106. The average Bonchev–Trinajstić information content (AvgIpc) is 0.723. The SMILES string of the molecule is c1ccc(-c2nc3ccccc3c3c2ccc2c(-c4c5ccccc5c(-c5ccc6ccccc6n5)c5ccccc45)cccc23)cc1.c1ccc(-c2nc3ccccc3c3c2ccc2c(-c4c5ccccc5c(-c5cccc(-c6cccc7cccnc67)c5)c5ccccc45)cccc23)cc1.c1ccc(-c2nc3ccccc3c3c2ccc2c(-c4c5ccccc5c(-c5cccc6cccnc56)c5ccccc45)cccc23)cc1. The molecule has 31 rings (SSSR count). The fraction of sp³-hybridized carbons (Fsp3) is 0. The number of fused-ring (bicyclic) bond motifs is 24. The maximum Gasteiger partial charge on any atom is 0.0788 e. The molecule has 0 fully saturated rings. The first-order chi connectivity index (χ1) is 74.5. The highest BCUT2D eigenvalue weighted by atomic mass is 14.7. The van der Waals surface area contributed by atoms with Gasteiger partial charge in [0.15, 0.2) is 0 Å². The lowest BCUT2D eigenvalue weighted by Crippen LogP contribution is -1.94. The molecule has 694 valence electrons. The van der Waals surface area contributed by atoms with E-state index >= 15 is 0 Å². The summed E-state index contributed by atoms with van der Waals surface area (Å²) in [5.74, 6) is 0. The Hall–Kier alpha value is -19.9. The molecule has 0 amide bonds. The molecule has 0 spiro atoms. The quantitative estimate of drug-likeness (QED) is 0.100. The topological polar surface area (TPSA) is 77.3 Å². The summed E-state index contributed by atoms with van der Waals surface area (Å²) in [5.41, 5.74) is 29.2. The van der Waals surface area contributed by atoms with Crippen molar-refractivity contribution in [2.45, 2.75) is 0 Å². The van der Waals surface area contributed by atoms with E-state index in [1.54, 1.807) is 0 Å². The van der Waals surface area contributed by atoms with Gasteiger partial charge in [-0.1, -0.05) is 473 Å². The summed E-state index contributed by atoms with van der Waals surface area (Å²) in [6.07, 6.45) is 3.78. The standard InChI is InChI=1S/C52H32N2.2C46H28N2/c1-2-14-34(15-3-1)52-46-30-29-38-39(26-12-27-40(38)50(46)45-24-8-9-28-47(45)54-52)49-43-22-6-4-20-41(43)48(42-21-5-7-23-44(42)49)36-18-10-17-35(32-36)37-25-11-16-33-19-13-31-53-51(33)37;1-2-14-30(15-3-1)46-39-27-26-31-32(21-12-22-33(31)44(39)38-20-9-11-24-41(38)48-46)43-34-16-5-7-18-36(34)45(37-19-8-6-17-35(37)43)42-28-25-29-13-4-10-23-40(29)47-42;1-2-13-30(14-3-1)46-40-27-26-31-32(22-11-23-33(31)44(40)38-21-8-9-25-41(38)48-46)42-34-17-4-6-19-36(34)43(37-20-7-5-18-35(37)42)39-24-10-15-29-16-12-28-47-45(29)39/h1-32H;2*1-28H. The monoisotopic (exact) mass is 1900 g/mol. The highest BCUT2D eigenvalue weighted by Gasteiger charge is 2.28. The van der Waals surface area contributed by atoms with Gasteiger partial charge in [-0.25, -0.2) is 19.9 Å². The molecule has 0 aliphatic carbocycles. The fourth-order valence-corrected chi connectivity index (χ4v) is 24.4. The van der Waals surface area contributed by atoms with Crippen molar-refractivity contribution < 1.29 is 0 Å². The molecule has 31 aromatic rings. The fourth-order valence-electron chi connectivity index (χ4n) is 24.4. The van der Waals surface area contributed by atoms with Gasteiger partial charge in [-0.2, -0.15) is 0 Å². The average molecular weight is 1900 g/mol. The highest BCUT2D eigenvalue weighted by Crippen LogP contribution is 2.54. The van der Waals surface area contributed by atoms with E-state index < -0.39 is 0 Å². The van der Waals surface area contributed by atoms with Crippen LogP contribution in [0.1, 0.15) is 0 Å². The van der Waals surface area contributed by atoms with Crippen LogP contribution in [0.2, 0.25) is 0 Å². The summed E-state index contributed by atoms with van der Waals surface area (Å²) < 4.78 is 0. The van der Waals surface area contributed by atoms with Crippen LogP contribution >= 0.6 is 0 Å². The van der Waals surface area contributed by atoms with Crippen molar-refractivity contribution in [3.8, 4) is 112 Å². The lowest BCUT2D eigenvalue weighted by molar-refractivity contribution is 1.41. The molecule has 0 N–H and O–H groups in total. The molecule has 6 aromatic heterocycles. The van der Waals surface area contributed by atoms with Gasteiger partial charge in [0.2, 0.25) is 0 Å². The van der Waals surface area contributed by atoms with Crippen molar-refractivity contribution in [3.63, 3.8) is 0 Å². The van der Waals surface area contributed by atoms with E-state index in [0.29, 0.717) is 0 Å². The molecule has 0 saturated carbocycles. The van der Waals surface area contributed by atoms with E-state index in [-0.39, 0.29) is 0 Å². The van der Waals surface area contributed by atoms with Crippen molar-refractivity contribution in [2.75, 3.05) is 0 Å². The number of pyridine rings is 6. The highest BCUT2D eigenvalue weighted by molar-refractivity contribution is 6.33. The Labute approximate surface area is 864 Å². The first-order valence-corrected chi connectivity index (χ1v) is 51.4. The number of aromatic nitrogens is 6. The lowest BCUT2D eigenvalue weighted by atomic mass is 9.83. The number of rotatable bonds is 10. The van der Waals surface area contributed by atoms with Crippen molar-refractivity contribution in [2.24, 2.45) is 0 Å². The minimum atomic E-state index is 0.990. The van der Waals surface area contributed by atoms with E-state index in [1.807, 2.05) is 24.5 Å². The predicted octanol–water partition coefficient (Wildman–Crippen LogP) is 38.9. The number of nitrogens with zero attached hydrogens (tertiary/aromatic N) is 6. The van der Waals surface area contributed by atoms with Crippen LogP contribution in [0.15, 0.2) is 534 Å². The van der Waals surface area contributed by atoms with Gasteiger partial charge in [-0.05, 0) is 201 Å². The van der Waals surface area contributed by atoms with Gasteiger partial charge in [0.1, 0.15) is 0 Å². The van der Waals surface area contributed by atoms with Gasteiger partial charge >= 0.3 is 0 Å². The lowest BCUT2D eigenvalue weighted by Gasteiger charge is -2.20. The maximum absolute atomic E-state index is 5.22. The number of para-hydroxylation sites is 6. The summed E-state index contributed by atoms with van der Waals surface area (Å²) in [6.45, 7) is 0. The number of hydrogen-bond acceptors (Lipinski definition) is 6. The molecule has 25 aromatic carbocycles. The van der Waals surface area contributed by atoms with Crippen LogP contribution < -0.4 is 0 Å². The minimum absolute atomic E-state index is 0.990. The molecular weight excluding hydrogens is 1810 g/mol. The van der Waals surface area contributed by atoms with E-state index in [9.17, 15) is 0 Å². The second-order valence-corrected chi connectivity index (χ2v) is 39.0. The summed E-state index contributed by atoms with van der Waals surface area (Å²) in [7, 11) is 0. The van der Waals surface area contributed by atoms with Crippen LogP contribution in [-0.4, -0.2) is 29.9 Å². The van der Waals surface area contributed by atoms with Crippen LogP contribution in [0, 0.1) is 0 Å². The summed E-state index contributed by atoms with van der Waals surface area (Å²) in [6, 6.07) is 188. The molecule has 0 saturated heterocycles. The van der Waals surface area contributed by atoms with Gasteiger partial charge in [0, 0.05) is 110 Å². The molecule has 6 heteroatoms. The molecule has 0 radical (unpaired) electrons. The third-order valence-electron chi connectivity index (χ3n) is 30.8. The molecule has 0 atom stereocenters. The molecule has 0 bridgehead atoms. The van der Waals surface area contributed by atoms with Gasteiger partial charge in [-0.3, -0.25) is 9.97 Å². The van der Waals surface area contributed by atoms with Crippen LogP contribution in [-0.2, 0) is 0 Å². The normalized spacial score (nSPS) is 11.7. The van der Waals surface area contributed by atoms with Crippen molar-refractivity contribution in [1.29, 1.82) is 0 Å². The Morgan fingerprint density at radius 1 is 0.127 bits per heavy atom. The van der Waals surface area contributed by atoms with Gasteiger partial charge in [-0.15, -0.1) is 0 Å². The van der Waals surface area contributed by atoms with Crippen LogP contribution in [0.3, 0.4) is 0 Å². The van der Waals surface area contributed by atoms with Gasteiger partial charge in [0.05, 0.1) is 55.9 Å². The van der Waals surface area contributed by atoms with Gasteiger partial charge in [0.25, 0.3) is 0 Å². The largest absolute Gasteiger partial charge is 0.256 e. The van der Waals surface area contributed by atoms with Crippen LogP contribution in [0.25, 0.3) is 306 Å². The molecule has 0 aliphatic rings. The number of benzene rings is 25. The predicted molar refractivity (Wildman–Crippen MR) is 636 cm³/mol. The molecule has 0 unspecified atom stereocenters. The van der Waals surface area contributed by atoms with Gasteiger partial charge < -0.3 is 0 Å². The summed E-state index contributed by atoms with van der Waals surface area (Å²) in [5, 5.41) is 36.2. The first-order valence-electron chi connectivity index (χ1n) is 51.4. The van der Waals surface area contributed by atoms with Crippen LogP contribution in [0.4, 0.5) is 0 Å². The van der Waals surface area contributed by atoms with Crippen molar-refractivity contribution in [3.05, 3.63) is 534 Å². The zero-order valence-corrected chi connectivity index (χ0v) is 81.5. The molecular formula is C144H88N6. The second-order valence-electron chi connectivity index (χ2n) is 39.0.